The smallest absolute Gasteiger partial charge is 0.254 e. The summed E-state index contributed by atoms with van der Waals surface area (Å²) in [5.74, 6) is -0.556. The Balaban J connectivity index is 2.11. The van der Waals surface area contributed by atoms with Crippen molar-refractivity contribution in [2.75, 3.05) is 5.32 Å². The molecule has 1 amide bonds. The Morgan fingerprint density at radius 3 is 2.25 bits per heavy atom. The van der Waals surface area contributed by atoms with E-state index >= 15 is 0 Å². The number of hydrogen-bond acceptors (Lipinski definition) is 2. The number of amides is 1. The molecule has 0 heterocycles. The summed E-state index contributed by atoms with van der Waals surface area (Å²) in [6.45, 7) is 3.99. The number of anilines is 1. The van der Waals surface area contributed by atoms with Gasteiger partial charge >= 0.3 is 0 Å². The molecule has 10 heteroatoms. The molecule has 3 N–H and O–H groups in total. The summed E-state index contributed by atoms with van der Waals surface area (Å²) >= 11 is 35.2. The molecule has 0 bridgehead atoms. The molecule has 4 nitrogen and oxygen atoms in total. The second-order valence-corrected chi connectivity index (χ2v) is 9.59. The lowest BCUT2D eigenvalue weighted by Gasteiger charge is -2.28. The van der Waals surface area contributed by atoms with Gasteiger partial charge in [-0.2, -0.15) is 0 Å². The maximum Gasteiger partial charge on any atom is 0.254 e. The first kappa shape index (κ1) is 23.3. The summed E-state index contributed by atoms with van der Waals surface area (Å²) in [6, 6.07) is 10.2. The number of carbonyl (C=O) groups is 1. The molecule has 1 atom stereocenters. The van der Waals surface area contributed by atoms with Gasteiger partial charge in [-0.3, -0.25) is 4.79 Å². The number of alkyl halides is 3. The number of hydrogen-bond donors (Lipinski definition) is 3. The van der Waals surface area contributed by atoms with Crippen molar-refractivity contribution in [1.29, 1.82) is 0 Å². The highest BCUT2D eigenvalue weighted by molar-refractivity contribution is 7.80. The first-order chi connectivity index (χ1) is 13.0. The number of halogens is 5. The fraction of sp³-hybridized carbons (Fsp3) is 0.222. The van der Waals surface area contributed by atoms with E-state index in [2.05, 4.69) is 16.0 Å². The molecule has 2 rings (SSSR count). The quantitative estimate of drug-likeness (QED) is 0.273. The topological polar surface area (TPSA) is 53.2 Å². The standard InChI is InChI=1S/C18H16Cl5N3OS/c1-9-3-5-12(7-10(9)2)24-17(28)26-16(18(21,22)23)25-15(27)13-6-4-11(19)8-14(13)20/h3-8,16H,1-2H3,(H,25,27)(H2,24,26,28)/t16-/m0/s1. The van der Waals surface area contributed by atoms with Crippen LogP contribution in [0.4, 0.5) is 5.69 Å². The Labute approximate surface area is 193 Å². The molecule has 0 aliphatic carbocycles. The lowest BCUT2D eigenvalue weighted by Crippen LogP contribution is -2.56. The van der Waals surface area contributed by atoms with Crippen molar-refractivity contribution in [2.45, 2.75) is 23.8 Å². The summed E-state index contributed by atoms with van der Waals surface area (Å²) in [5.41, 5.74) is 3.18. The van der Waals surface area contributed by atoms with E-state index in [9.17, 15) is 4.79 Å². The molecule has 0 unspecified atom stereocenters. The van der Waals surface area contributed by atoms with Crippen molar-refractivity contribution in [1.82, 2.24) is 10.6 Å². The Morgan fingerprint density at radius 2 is 1.68 bits per heavy atom. The highest BCUT2D eigenvalue weighted by Gasteiger charge is 2.35. The normalized spacial score (nSPS) is 12.2. The zero-order valence-electron chi connectivity index (χ0n) is 14.7. The first-order valence-electron chi connectivity index (χ1n) is 7.95. The van der Waals surface area contributed by atoms with E-state index in [0.29, 0.717) is 5.02 Å². The second kappa shape index (κ2) is 9.70. The Hall–Kier alpha value is -0.950. The first-order valence-corrected chi connectivity index (χ1v) is 10.2. The zero-order valence-corrected chi connectivity index (χ0v) is 19.3. The van der Waals surface area contributed by atoms with Gasteiger partial charge in [-0.05, 0) is 67.5 Å². The van der Waals surface area contributed by atoms with Crippen LogP contribution in [0.1, 0.15) is 21.5 Å². The van der Waals surface area contributed by atoms with Gasteiger partial charge in [-0.15, -0.1) is 0 Å². The largest absolute Gasteiger partial charge is 0.339 e. The van der Waals surface area contributed by atoms with E-state index in [1.807, 2.05) is 32.0 Å². The van der Waals surface area contributed by atoms with Crippen LogP contribution in [0.15, 0.2) is 36.4 Å². The molecule has 150 valence electrons. The number of benzene rings is 2. The van der Waals surface area contributed by atoms with Gasteiger partial charge in [0.25, 0.3) is 5.91 Å². The summed E-state index contributed by atoms with van der Waals surface area (Å²) in [7, 11) is 0. The Bertz CT molecular complexity index is 901. The van der Waals surface area contributed by atoms with Gasteiger partial charge < -0.3 is 16.0 Å². The molecule has 2 aromatic rings. The van der Waals surface area contributed by atoms with Crippen LogP contribution in [0.3, 0.4) is 0 Å². The molecule has 28 heavy (non-hydrogen) atoms. The predicted molar refractivity (Wildman–Crippen MR) is 123 cm³/mol. The van der Waals surface area contributed by atoms with Crippen LogP contribution >= 0.6 is 70.2 Å². The molecule has 0 saturated carbocycles. The average molecular weight is 500 g/mol. The average Bonchev–Trinajstić information content (AvgIpc) is 2.56. The highest BCUT2D eigenvalue weighted by atomic mass is 35.6. The predicted octanol–water partition coefficient (Wildman–Crippen LogP) is 6.02. The van der Waals surface area contributed by atoms with Crippen molar-refractivity contribution in [3.63, 3.8) is 0 Å². The van der Waals surface area contributed by atoms with Crippen molar-refractivity contribution < 1.29 is 4.79 Å². The summed E-state index contributed by atoms with van der Waals surface area (Å²) in [6.07, 6.45) is -1.12. The molecule has 0 radical (unpaired) electrons. The number of aryl methyl sites for hydroxylation is 2. The van der Waals surface area contributed by atoms with E-state index in [1.54, 1.807) is 0 Å². The molecule has 0 aliphatic rings. The lowest BCUT2D eigenvalue weighted by molar-refractivity contribution is 0.0934. The Morgan fingerprint density at radius 1 is 1.00 bits per heavy atom. The minimum absolute atomic E-state index is 0.169. The van der Waals surface area contributed by atoms with Crippen molar-refractivity contribution in [3.8, 4) is 0 Å². The maximum absolute atomic E-state index is 12.5. The van der Waals surface area contributed by atoms with Crippen LogP contribution in [0.25, 0.3) is 0 Å². The van der Waals surface area contributed by atoms with Crippen LogP contribution < -0.4 is 16.0 Å². The number of thiocarbonyl (C=S) groups is 1. The van der Waals surface area contributed by atoms with Gasteiger partial charge in [0.05, 0.1) is 10.6 Å². The highest BCUT2D eigenvalue weighted by Crippen LogP contribution is 2.30. The molecular weight excluding hydrogens is 484 g/mol. The Kier molecular flexibility index (Phi) is 8.08. The molecule has 2 aromatic carbocycles. The third-order valence-electron chi connectivity index (χ3n) is 3.82. The zero-order chi connectivity index (χ0) is 21.1. The summed E-state index contributed by atoms with van der Waals surface area (Å²) in [4.78, 5) is 12.5. The third-order valence-corrected chi connectivity index (χ3v) is 5.24. The maximum atomic E-state index is 12.5. The van der Waals surface area contributed by atoms with Crippen LogP contribution in [0.5, 0.6) is 0 Å². The molecule has 0 saturated heterocycles. The van der Waals surface area contributed by atoms with E-state index in [1.165, 1.54) is 18.2 Å². The molecule has 0 spiro atoms. The van der Waals surface area contributed by atoms with Crippen LogP contribution in [-0.4, -0.2) is 21.0 Å². The summed E-state index contributed by atoms with van der Waals surface area (Å²) in [5, 5.41) is 9.10. The molecule has 0 aliphatic heterocycles. The van der Waals surface area contributed by atoms with E-state index < -0.39 is 15.9 Å². The monoisotopic (exact) mass is 497 g/mol. The minimum Gasteiger partial charge on any atom is -0.339 e. The fourth-order valence-corrected chi connectivity index (χ4v) is 3.26. The third kappa shape index (κ3) is 6.55. The van der Waals surface area contributed by atoms with Gasteiger partial charge in [0.1, 0.15) is 6.17 Å². The second-order valence-electron chi connectivity index (χ2n) is 5.97. The fourth-order valence-electron chi connectivity index (χ4n) is 2.20. The number of rotatable bonds is 4. The van der Waals surface area contributed by atoms with Gasteiger partial charge in [-0.25, -0.2) is 0 Å². The lowest BCUT2D eigenvalue weighted by atomic mass is 10.1. The number of carbonyl (C=O) groups excluding carboxylic acids is 1. The van der Waals surface area contributed by atoms with E-state index in [0.717, 1.165) is 16.8 Å². The SMILES string of the molecule is Cc1ccc(NC(=S)N[C@H](NC(=O)c2ccc(Cl)cc2Cl)C(Cl)(Cl)Cl)cc1C. The number of nitrogens with one attached hydrogen (secondary N) is 3. The van der Waals surface area contributed by atoms with Crippen LogP contribution in [0.2, 0.25) is 10.0 Å². The van der Waals surface area contributed by atoms with Crippen molar-refractivity contribution in [3.05, 3.63) is 63.1 Å². The molecule has 0 aromatic heterocycles. The van der Waals surface area contributed by atoms with Gasteiger partial charge in [0.2, 0.25) is 3.79 Å². The van der Waals surface area contributed by atoms with Gasteiger partial charge in [0, 0.05) is 10.7 Å². The van der Waals surface area contributed by atoms with Crippen LogP contribution in [0, 0.1) is 13.8 Å². The van der Waals surface area contributed by atoms with E-state index in [4.69, 9.17) is 70.2 Å². The molecular formula is C18H16Cl5N3OS. The van der Waals surface area contributed by atoms with Gasteiger partial charge in [-0.1, -0.05) is 64.1 Å². The van der Waals surface area contributed by atoms with Crippen molar-refractivity contribution in [2.24, 2.45) is 0 Å². The summed E-state index contributed by atoms with van der Waals surface area (Å²) < 4.78 is -1.89. The van der Waals surface area contributed by atoms with E-state index in [-0.39, 0.29) is 15.7 Å². The van der Waals surface area contributed by atoms with Crippen LogP contribution in [-0.2, 0) is 0 Å². The molecule has 0 fully saturated rings. The minimum atomic E-state index is -1.89. The van der Waals surface area contributed by atoms with Gasteiger partial charge in [0.15, 0.2) is 5.11 Å². The van der Waals surface area contributed by atoms with Crippen molar-refractivity contribution >= 4 is 86.9 Å².